The molecule has 2 unspecified atom stereocenters. The molecule has 0 aliphatic carbocycles. The van der Waals surface area contributed by atoms with Crippen LogP contribution in [0.5, 0.6) is 0 Å². The highest BCUT2D eigenvalue weighted by molar-refractivity contribution is 4.77. The van der Waals surface area contributed by atoms with E-state index in [4.69, 9.17) is 4.74 Å². The first-order chi connectivity index (χ1) is 6.91. The third-order valence-electron chi connectivity index (χ3n) is 2.89. The summed E-state index contributed by atoms with van der Waals surface area (Å²) < 4.78 is 5.51. The zero-order valence-electron chi connectivity index (χ0n) is 11.4. The molecule has 0 aromatic heterocycles. The minimum Gasteiger partial charge on any atom is -0.380 e. The standard InChI is InChI=1S/C13H29NO/c1-7-8-9-11(2)14-10-12(15-6)13(3,4)5/h11-12,14H,7-10H2,1-6H3. The quantitative estimate of drug-likeness (QED) is 0.704. The van der Waals surface area contributed by atoms with Crippen molar-refractivity contribution in [2.24, 2.45) is 5.41 Å². The van der Waals surface area contributed by atoms with E-state index >= 15 is 0 Å². The van der Waals surface area contributed by atoms with E-state index in [1.165, 1.54) is 19.3 Å². The van der Waals surface area contributed by atoms with Gasteiger partial charge in [-0.1, -0.05) is 40.5 Å². The Bertz CT molecular complexity index is 151. The van der Waals surface area contributed by atoms with Crippen LogP contribution in [0.1, 0.15) is 53.9 Å². The summed E-state index contributed by atoms with van der Waals surface area (Å²) in [6, 6.07) is 0.602. The molecule has 2 atom stereocenters. The highest BCUT2D eigenvalue weighted by Gasteiger charge is 2.24. The first-order valence-corrected chi connectivity index (χ1v) is 6.18. The third-order valence-corrected chi connectivity index (χ3v) is 2.89. The van der Waals surface area contributed by atoms with E-state index in [2.05, 4.69) is 39.9 Å². The van der Waals surface area contributed by atoms with Crippen molar-refractivity contribution in [2.45, 2.75) is 66.0 Å². The molecule has 0 spiro atoms. The van der Waals surface area contributed by atoms with Crippen LogP contribution in [0.3, 0.4) is 0 Å². The van der Waals surface area contributed by atoms with E-state index < -0.39 is 0 Å². The fourth-order valence-corrected chi connectivity index (χ4v) is 1.66. The molecule has 1 N–H and O–H groups in total. The molecule has 2 nitrogen and oxygen atoms in total. The van der Waals surface area contributed by atoms with Crippen LogP contribution in [-0.2, 0) is 4.74 Å². The Balaban J connectivity index is 3.80. The van der Waals surface area contributed by atoms with Crippen molar-refractivity contribution in [3.63, 3.8) is 0 Å². The molecule has 0 saturated carbocycles. The topological polar surface area (TPSA) is 21.3 Å². The van der Waals surface area contributed by atoms with Crippen molar-refractivity contribution in [1.82, 2.24) is 5.32 Å². The van der Waals surface area contributed by atoms with Crippen LogP contribution in [0.2, 0.25) is 0 Å². The molecular weight excluding hydrogens is 186 g/mol. The van der Waals surface area contributed by atoms with Gasteiger partial charge in [-0.15, -0.1) is 0 Å². The Morgan fingerprint density at radius 3 is 2.27 bits per heavy atom. The van der Waals surface area contributed by atoms with Crippen LogP contribution in [0.15, 0.2) is 0 Å². The summed E-state index contributed by atoms with van der Waals surface area (Å²) in [5.41, 5.74) is 0.215. The Labute approximate surface area is 95.8 Å². The molecule has 0 fully saturated rings. The van der Waals surface area contributed by atoms with Crippen molar-refractivity contribution in [3.05, 3.63) is 0 Å². The summed E-state index contributed by atoms with van der Waals surface area (Å²) in [6.45, 7) is 12.1. The molecule has 0 rings (SSSR count). The fourth-order valence-electron chi connectivity index (χ4n) is 1.66. The van der Waals surface area contributed by atoms with Crippen LogP contribution >= 0.6 is 0 Å². The predicted molar refractivity (Wildman–Crippen MR) is 67.2 cm³/mol. The lowest BCUT2D eigenvalue weighted by Crippen LogP contribution is -2.41. The number of rotatable bonds is 7. The molecular formula is C13H29NO. The van der Waals surface area contributed by atoms with Crippen LogP contribution < -0.4 is 5.32 Å². The Kier molecular flexibility index (Phi) is 7.20. The average Bonchev–Trinajstić information content (AvgIpc) is 2.13. The van der Waals surface area contributed by atoms with E-state index in [9.17, 15) is 0 Å². The molecule has 0 amide bonds. The third kappa shape index (κ3) is 6.91. The lowest BCUT2D eigenvalue weighted by molar-refractivity contribution is 0.0158. The van der Waals surface area contributed by atoms with E-state index in [-0.39, 0.29) is 5.41 Å². The zero-order chi connectivity index (χ0) is 11.9. The number of unbranched alkanes of at least 4 members (excludes halogenated alkanes) is 1. The highest BCUT2D eigenvalue weighted by atomic mass is 16.5. The molecule has 0 bridgehead atoms. The van der Waals surface area contributed by atoms with Crippen LogP contribution in [0, 0.1) is 5.41 Å². The van der Waals surface area contributed by atoms with Crippen molar-refractivity contribution < 1.29 is 4.74 Å². The largest absolute Gasteiger partial charge is 0.380 e. The fraction of sp³-hybridized carbons (Fsp3) is 1.00. The van der Waals surface area contributed by atoms with Gasteiger partial charge in [0.05, 0.1) is 6.10 Å². The lowest BCUT2D eigenvalue weighted by Gasteiger charge is -2.30. The number of ether oxygens (including phenoxy) is 1. The molecule has 0 aromatic rings. The van der Waals surface area contributed by atoms with Gasteiger partial charge >= 0.3 is 0 Å². The van der Waals surface area contributed by atoms with Gasteiger partial charge in [0.2, 0.25) is 0 Å². The second-order valence-corrected chi connectivity index (χ2v) is 5.54. The number of hydrogen-bond acceptors (Lipinski definition) is 2. The maximum atomic E-state index is 5.51. The smallest absolute Gasteiger partial charge is 0.0743 e. The molecule has 0 radical (unpaired) electrons. The van der Waals surface area contributed by atoms with Crippen molar-refractivity contribution >= 4 is 0 Å². The molecule has 0 aromatic carbocycles. The van der Waals surface area contributed by atoms with Gasteiger partial charge in [-0.3, -0.25) is 0 Å². The summed E-state index contributed by atoms with van der Waals surface area (Å²) in [6.07, 6.45) is 4.14. The molecule has 2 heteroatoms. The van der Waals surface area contributed by atoms with Crippen LogP contribution in [-0.4, -0.2) is 25.8 Å². The predicted octanol–water partition coefficient (Wildman–Crippen LogP) is 3.22. The summed E-state index contributed by atoms with van der Waals surface area (Å²) >= 11 is 0. The van der Waals surface area contributed by atoms with E-state index in [0.717, 1.165) is 6.54 Å². The Morgan fingerprint density at radius 1 is 1.27 bits per heavy atom. The Morgan fingerprint density at radius 2 is 1.87 bits per heavy atom. The SMILES string of the molecule is CCCCC(C)NCC(OC)C(C)(C)C. The summed E-state index contributed by atoms with van der Waals surface area (Å²) in [7, 11) is 1.80. The molecule has 0 aliphatic heterocycles. The highest BCUT2D eigenvalue weighted by Crippen LogP contribution is 2.21. The number of methoxy groups -OCH3 is 1. The average molecular weight is 215 g/mol. The first-order valence-electron chi connectivity index (χ1n) is 6.18. The first kappa shape index (κ1) is 14.9. The second kappa shape index (κ2) is 7.24. The maximum Gasteiger partial charge on any atom is 0.0743 e. The maximum absolute atomic E-state index is 5.51. The van der Waals surface area contributed by atoms with Gasteiger partial charge in [-0.05, 0) is 18.8 Å². The minimum atomic E-state index is 0.215. The van der Waals surface area contributed by atoms with E-state index in [1.54, 1.807) is 7.11 Å². The molecule has 0 aliphatic rings. The molecule has 0 saturated heterocycles. The van der Waals surface area contributed by atoms with Gasteiger partial charge in [-0.2, -0.15) is 0 Å². The van der Waals surface area contributed by atoms with Crippen molar-refractivity contribution in [2.75, 3.05) is 13.7 Å². The van der Waals surface area contributed by atoms with Crippen LogP contribution in [0.25, 0.3) is 0 Å². The normalized spacial score (nSPS) is 16.4. The molecule has 15 heavy (non-hydrogen) atoms. The van der Waals surface area contributed by atoms with E-state index in [1.807, 2.05) is 0 Å². The van der Waals surface area contributed by atoms with Crippen molar-refractivity contribution in [1.29, 1.82) is 0 Å². The van der Waals surface area contributed by atoms with Crippen molar-refractivity contribution in [3.8, 4) is 0 Å². The lowest BCUT2D eigenvalue weighted by atomic mass is 9.89. The zero-order valence-corrected chi connectivity index (χ0v) is 11.4. The van der Waals surface area contributed by atoms with Crippen LogP contribution in [0.4, 0.5) is 0 Å². The summed E-state index contributed by atoms with van der Waals surface area (Å²) in [5.74, 6) is 0. The molecule has 0 heterocycles. The summed E-state index contributed by atoms with van der Waals surface area (Å²) in [5, 5.41) is 3.55. The monoisotopic (exact) mass is 215 g/mol. The van der Waals surface area contributed by atoms with E-state index in [0.29, 0.717) is 12.1 Å². The van der Waals surface area contributed by atoms with Gasteiger partial charge < -0.3 is 10.1 Å². The molecule has 92 valence electrons. The Hall–Kier alpha value is -0.0800. The van der Waals surface area contributed by atoms with Gasteiger partial charge in [0.15, 0.2) is 0 Å². The van der Waals surface area contributed by atoms with Gasteiger partial charge in [0.1, 0.15) is 0 Å². The van der Waals surface area contributed by atoms with Gasteiger partial charge in [0, 0.05) is 19.7 Å². The second-order valence-electron chi connectivity index (χ2n) is 5.54. The van der Waals surface area contributed by atoms with Gasteiger partial charge in [-0.25, -0.2) is 0 Å². The minimum absolute atomic E-state index is 0.215. The number of hydrogen-bond donors (Lipinski definition) is 1. The van der Waals surface area contributed by atoms with Gasteiger partial charge in [0.25, 0.3) is 0 Å². The number of nitrogens with one attached hydrogen (secondary N) is 1. The summed E-state index contributed by atoms with van der Waals surface area (Å²) in [4.78, 5) is 0.